The molecule has 1 nitrogen and oxygen atoms in total. The van der Waals surface area contributed by atoms with Crippen molar-refractivity contribution in [3.63, 3.8) is 0 Å². The van der Waals surface area contributed by atoms with E-state index in [2.05, 4.69) is 74.6 Å². The lowest BCUT2D eigenvalue weighted by atomic mass is 9.93. The van der Waals surface area contributed by atoms with Crippen LogP contribution < -0.4 is 5.32 Å². The Kier molecular flexibility index (Phi) is 4.75. The summed E-state index contributed by atoms with van der Waals surface area (Å²) in [5.41, 5.74) is 5.47. The molecule has 0 saturated heterocycles. The molecule has 0 spiro atoms. The molecule has 1 heteroatoms. The van der Waals surface area contributed by atoms with Crippen molar-refractivity contribution < 1.29 is 0 Å². The van der Waals surface area contributed by atoms with Crippen molar-refractivity contribution in [1.29, 1.82) is 0 Å². The van der Waals surface area contributed by atoms with Gasteiger partial charge in [0.05, 0.1) is 6.04 Å². The Morgan fingerprint density at radius 2 is 1.79 bits per heavy atom. The van der Waals surface area contributed by atoms with Gasteiger partial charge in [-0.05, 0) is 42.1 Å². The van der Waals surface area contributed by atoms with Crippen LogP contribution in [0.15, 0.2) is 48.5 Å². The topological polar surface area (TPSA) is 12.0 Å². The summed E-state index contributed by atoms with van der Waals surface area (Å²) < 4.78 is 0. The molecular weight excluding hydrogens is 230 g/mol. The van der Waals surface area contributed by atoms with E-state index in [-0.39, 0.29) is 6.04 Å². The van der Waals surface area contributed by atoms with Crippen molar-refractivity contribution in [1.82, 2.24) is 5.32 Å². The zero-order valence-electron chi connectivity index (χ0n) is 12.1. The smallest absolute Gasteiger partial charge is 0.0579 e. The van der Waals surface area contributed by atoms with Crippen LogP contribution in [0.3, 0.4) is 0 Å². The molecule has 2 rings (SSSR count). The van der Waals surface area contributed by atoms with Crippen LogP contribution in [-0.2, 0) is 6.42 Å². The number of hydrogen-bond donors (Lipinski definition) is 1. The van der Waals surface area contributed by atoms with Gasteiger partial charge in [0, 0.05) is 0 Å². The highest BCUT2D eigenvalue weighted by atomic mass is 14.9. The van der Waals surface area contributed by atoms with Crippen LogP contribution in [0, 0.1) is 6.92 Å². The number of hydrogen-bond acceptors (Lipinski definition) is 1. The molecule has 0 fully saturated rings. The van der Waals surface area contributed by atoms with Crippen molar-refractivity contribution in [3.8, 4) is 0 Å². The van der Waals surface area contributed by atoms with Crippen LogP contribution in [0.5, 0.6) is 0 Å². The summed E-state index contributed by atoms with van der Waals surface area (Å²) in [5, 5.41) is 3.61. The lowest BCUT2D eigenvalue weighted by Crippen LogP contribution is -2.22. The second kappa shape index (κ2) is 6.53. The molecule has 1 atom stereocenters. The van der Waals surface area contributed by atoms with Crippen LogP contribution >= 0.6 is 0 Å². The Bertz CT molecular complexity index is 531. The van der Waals surface area contributed by atoms with Gasteiger partial charge in [0.1, 0.15) is 0 Å². The highest BCUT2D eigenvalue weighted by Gasteiger charge is 2.14. The molecule has 0 heterocycles. The van der Waals surface area contributed by atoms with Crippen LogP contribution in [-0.4, -0.2) is 6.54 Å². The molecule has 1 N–H and O–H groups in total. The van der Waals surface area contributed by atoms with E-state index in [1.54, 1.807) is 0 Å². The van der Waals surface area contributed by atoms with Crippen molar-refractivity contribution in [2.24, 2.45) is 0 Å². The molecule has 0 radical (unpaired) electrons. The second-order valence-corrected chi connectivity index (χ2v) is 4.95. The summed E-state index contributed by atoms with van der Waals surface area (Å²) in [6, 6.07) is 17.8. The molecule has 0 bridgehead atoms. The maximum absolute atomic E-state index is 3.61. The van der Waals surface area contributed by atoms with Crippen LogP contribution in [0.25, 0.3) is 0 Å². The van der Waals surface area contributed by atoms with E-state index in [1.165, 1.54) is 22.3 Å². The molecule has 0 aliphatic rings. The largest absolute Gasteiger partial charge is 0.307 e. The molecule has 100 valence electrons. The quantitative estimate of drug-likeness (QED) is 0.839. The molecule has 1 unspecified atom stereocenters. The molecule has 2 aromatic rings. The molecule has 0 saturated carbocycles. The maximum atomic E-state index is 3.61. The molecule has 0 amide bonds. The van der Waals surface area contributed by atoms with Gasteiger partial charge in [0.2, 0.25) is 0 Å². The van der Waals surface area contributed by atoms with Crippen molar-refractivity contribution in [2.75, 3.05) is 6.54 Å². The van der Waals surface area contributed by atoms with Gasteiger partial charge < -0.3 is 5.32 Å². The monoisotopic (exact) mass is 253 g/mol. The van der Waals surface area contributed by atoms with Gasteiger partial charge in [-0.1, -0.05) is 62.4 Å². The second-order valence-electron chi connectivity index (χ2n) is 4.95. The first-order chi connectivity index (χ1) is 9.26. The molecule has 0 aromatic heterocycles. The predicted molar refractivity (Wildman–Crippen MR) is 82.5 cm³/mol. The van der Waals surface area contributed by atoms with Crippen LogP contribution in [0.2, 0.25) is 0 Å². The van der Waals surface area contributed by atoms with E-state index in [4.69, 9.17) is 0 Å². The molecule has 2 aromatic carbocycles. The van der Waals surface area contributed by atoms with E-state index in [0.717, 1.165) is 13.0 Å². The fourth-order valence-corrected chi connectivity index (χ4v) is 2.51. The van der Waals surface area contributed by atoms with E-state index in [0.29, 0.717) is 0 Å². The molecule has 19 heavy (non-hydrogen) atoms. The van der Waals surface area contributed by atoms with E-state index >= 15 is 0 Å². The lowest BCUT2D eigenvalue weighted by molar-refractivity contribution is 0.627. The minimum atomic E-state index is 0.290. The number of benzene rings is 2. The van der Waals surface area contributed by atoms with Gasteiger partial charge in [-0.2, -0.15) is 0 Å². The first-order valence-electron chi connectivity index (χ1n) is 7.14. The standard InChI is InChI=1S/C18H23N/c1-4-15-10-8-11-16(13-15)18(19-5-2)17-12-7-6-9-14(17)3/h6-13,18-19H,4-5H2,1-3H3. The number of rotatable bonds is 5. The third kappa shape index (κ3) is 3.24. The maximum Gasteiger partial charge on any atom is 0.0579 e. The SMILES string of the molecule is CCNC(c1cccc(CC)c1)c1ccccc1C. The summed E-state index contributed by atoms with van der Waals surface area (Å²) >= 11 is 0. The highest BCUT2D eigenvalue weighted by Crippen LogP contribution is 2.25. The zero-order valence-corrected chi connectivity index (χ0v) is 12.1. The predicted octanol–water partition coefficient (Wildman–Crippen LogP) is 4.26. The molecular formula is C18H23N. The zero-order chi connectivity index (χ0) is 13.7. The Balaban J connectivity index is 2.42. The fraction of sp³-hybridized carbons (Fsp3) is 0.333. The van der Waals surface area contributed by atoms with Crippen molar-refractivity contribution in [3.05, 3.63) is 70.8 Å². The van der Waals surface area contributed by atoms with E-state index in [1.807, 2.05) is 0 Å². The summed E-state index contributed by atoms with van der Waals surface area (Å²) in [4.78, 5) is 0. The van der Waals surface area contributed by atoms with Crippen molar-refractivity contribution in [2.45, 2.75) is 33.2 Å². The summed E-state index contributed by atoms with van der Waals surface area (Å²) in [5.74, 6) is 0. The Hall–Kier alpha value is -1.60. The Morgan fingerprint density at radius 1 is 1.00 bits per heavy atom. The van der Waals surface area contributed by atoms with Gasteiger partial charge in [-0.15, -0.1) is 0 Å². The van der Waals surface area contributed by atoms with E-state index in [9.17, 15) is 0 Å². The average molecular weight is 253 g/mol. The number of aryl methyl sites for hydroxylation is 2. The highest BCUT2D eigenvalue weighted by molar-refractivity contribution is 5.38. The summed E-state index contributed by atoms with van der Waals surface area (Å²) in [7, 11) is 0. The van der Waals surface area contributed by atoms with Crippen LogP contribution in [0.4, 0.5) is 0 Å². The summed E-state index contributed by atoms with van der Waals surface area (Å²) in [6.45, 7) is 7.52. The third-order valence-corrected chi connectivity index (χ3v) is 3.60. The average Bonchev–Trinajstić information content (AvgIpc) is 2.46. The first-order valence-corrected chi connectivity index (χ1v) is 7.14. The van der Waals surface area contributed by atoms with Crippen molar-refractivity contribution >= 4 is 0 Å². The normalized spacial score (nSPS) is 12.4. The van der Waals surface area contributed by atoms with Gasteiger partial charge in [0.15, 0.2) is 0 Å². The third-order valence-electron chi connectivity index (χ3n) is 3.60. The summed E-state index contributed by atoms with van der Waals surface area (Å²) in [6.07, 6.45) is 1.08. The minimum Gasteiger partial charge on any atom is -0.307 e. The Morgan fingerprint density at radius 3 is 2.47 bits per heavy atom. The van der Waals surface area contributed by atoms with Gasteiger partial charge >= 0.3 is 0 Å². The lowest BCUT2D eigenvalue weighted by Gasteiger charge is -2.21. The minimum absolute atomic E-state index is 0.290. The fourth-order valence-electron chi connectivity index (χ4n) is 2.51. The molecule has 0 aliphatic heterocycles. The van der Waals surface area contributed by atoms with Gasteiger partial charge in [-0.25, -0.2) is 0 Å². The first kappa shape index (κ1) is 13.8. The van der Waals surface area contributed by atoms with Crippen LogP contribution in [0.1, 0.15) is 42.1 Å². The van der Waals surface area contributed by atoms with E-state index < -0.39 is 0 Å². The Labute approximate surface area is 116 Å². The number of nitrogens with one attached hydrogen (secondary N) is 1. The molecule has 0 aliphatic carbocycles. The van der Waals surface area contributed by atoms with Gasteiger partial charge in [0.25, 0.3) is 0 Å². The van der Waals surface area contributed by atoms with Gasteiger partial charge in [-0.3, -0.25) is 0 Å².